The Morgan fingerprint density at radius 1 is 1.12 bits per heavy atom. The van der Waals surface area contributed by atoms with Crippen LogP contribution in [0.1, 0.15) is 39.7 Å². The Morgan fingerprint density at radius 2 is 1.88 bits per heavy atom. The molecule has 0 aromatic carbocycles. The molecule has 0 radical (unpaired) electrons. The maximum atomic E-state index is 6.60. The van der Waals surface area contributed by atoms with E-state index in [0.717, 1.165) is 28.3 Å². The standard InChI is InChI=1S/C24H33N7OSi/c1-24(2,3)33(5,6)32-16-21(17-7-8-17)31-15-19(13-27-31)23-28-20(18-12-26-29(4)14-18)11-22-25-9-10-30(22)23/h9-15,17,21H,7-8,16H2,1-6H3. The topological polar surface area (TPSA) is 75.1 Å². The fourth-order valence-corrected chi connectivity index (χ4v) is 4.90. The molecule has 1 aliphatic carbocycles. The smallest absolute Gasteiger partial charge is 0.192 e. The predicted octanol–water partition coefficient (Wildman–Crippen LogP) is 4.97. The summed E-state index contributed by atoms with van der Waals surface area (Å²) in [6, 6.07) is 2.25. The highest BCUT2D eigenvalue weighted by atomic mass is 28.4. The van der Waals surface area contributed by atoms with Crippen LogP contribution in [0.4, 0.5) is 0 Å². The third kappa shape index (κ3) is 4.27. The van der Waals surface area contributed by atoms with Crippen molar-refractivity contribution in [2.75, 3.05) is 6.61 Å². The van der Waals surface area contributed by atoms with E-state index in [4.69, 9.17) is 14.5 Å². The molecule has 1 unspecified atom stereocenters. The van der Waals surface area contributed by atoms with E-state index in [2.05, 4.69) is 54.8 Å². The maximum absolute atomic E-state index is 6.60. The molecule has 0 aliphatic heterocycles. The minimum atomic E-state index is -1.82. The first-order valence-corrected chi connectivity index (χ1v) is 14.5. The zero-order chi connectivity index (χ0) is 23.4. The molecule has 0 N–H and O–H groups in total. The lowest BCUT2D eigenvalue weighted by atomic mass is 10.2. The summed E-state index contributed by atoms with van der Waals surface area (Å²) in [6.07, 6.45) is 14.1. The molecule has 1 atom stereocenters. The van der Waals surface area contributed by atoms with E-state index in [1.54, 1.807) is 10.9 Å². The summed E-state index contributed by atoms with van der Waals surface area (Å²) < 4.78 is 12.5. The zero-order valence-electron chi connectivity index (χ0n) is 20.4. The number of imidazole rings is 1. The van der Waals surface area contributed by atoms with E-state index in [1.807, 2.05) is 42.3 Å². The maximum Gasteiger partial charge on any atom is 0.192 e. The Labute approximate surface area is 195 Å². The second kappa shape index (κ2) is 7.91. The van der Waals surface area contributed by atoms with Crippen LogP contribution in [0.5, 0.6) is 0 Å². The monoisotopic (exact) mass is 463 g/mol. The van der Waals surface area contributed by atoms with Gasteiger partial charge in [0.15, 0.2) is 8.32 Å². The first-order valence-electron chi connectivity index (χ1n) is 11.6. The van der Waals surface area contributed by atoms with E-state index in [0.29, 0.717) is 12.5 Å². The normalized spacial score (nSPS) is 15.9. The van der Waals surface area contributed by atoms with Gasteiger partial charge in [0.2, 0.25) is 0 Å². The lowest BCUT2D eigenvalue weighted by Gasteiger charge is -2.37. The van der Waals surface area contributed by atoms with Crippen molar-refractivity contribution in [3.8, 4) is 22.6 Å². The highest BCUT2D eigenvalue weighted by Gasteiger charge is 2.40. The minimum absolute atomic E-state index is 0.195. The molecule has 1 fully saturated rings. The minimum Gasteiger partial charge on any atom is -0.415 e. The molecule has 4 aromatic rings. The van der Waals surface area contributed by atoms with E-state index < -0.39 is 8.32 Å². The third-order valence-corrected chi connectivity index (χ3v) is 11.7. The zero-order valence-corrected chi connectivity index (χ0v) is 21.4. The van der Waals surface area contributed by atoms with Gasteiger partial charge in [0, 0.05) is 43.5 Å². The fourth-order valence-electron chi connectivity index (χ4n) is 3.88. The first kappa shape index (κ1) is 22.0. The average Bonchev–Trinajstić information content (AvgIpc) is 3.14. The van der Waals surface area contributed by atoms with Crippen LogP contribution in [0, 0.1) is 5.92 Å². The average molecular weight is 464 g/mol. The lowest BCUT2D eigenvalue weighted by Crippen LogP contribution is -2.42. The van der Waals surface area contributed by atoms with Crippen LogP contribution in [-0.2, 0) is 11.5 Å². The van der Waals surface area contributed by atoms with Gasteiger partial charge in [-0.1, -0.05) is 20.8 Å². The first-order chi connectivity index (χ1) is 15.6. The molecular formula is C24H33N7OSi. The highest BCUT2D eigenvalue weighted by molar-refractivity contribution is 6.74. The molecule has 4 heterocycles. The van der Waals surface area contributed by atoms with Gasteiger partial charge < -0.3 is 4.43 Å². The van der Waals surface area contributed by atoms with Crippen molar-refractivity contribution in [1.82, 2.24) is 33.9 Å². The number of aryl methyl sites for hydroxylation is 1. The molecule has 8 nitrogen and oxygen atoms in total. The van der Waals surface area contributed by atoms with Gasteiger partial charge >= 0.3 is 0 Å². The summed E-state index contributed by atoms with van der Waals surface area (Å²) in [4.78, 5) is 9.48. The molecule has 1 aliphatic rings. The van der Waals surface area contributed by atoms with Crippen molar-refractivity contribution in [3.05, 3.63) is 43.2 Å². The van der Waals surface area contributed by atoms with Gasteiger partial charge in [0.25, 0.3) is 0 Å². The van der Waals surface area contributed by atoms with Gasteiger partial charge in [-0.2, -0.15) is 10.2 Å². The van der Waals surface area contributed by atoms with Crippen molar-refractivity contribution in [3.63, 3.8) is 0 Å². The van der Waals surface area contributed by atoms with Gasteiger partial charge in [-0.25, -0.2) is 9.97 Å². The largest absolute Gasteiger partial charge is 0.415 e. The van der Waals surface area contributed by atoms with Gasteiger partial charge in [-0.05, 0) is 36.9 Å². The summed E-state index contributed by atoms with van der Waals surface area (Å²) in [5.41, 5.74) is 3.65. The molecule has 0 amide bonds. The summed E-state index contributed by atoms with van der Waals surface area (Å²) in [6.45, 7) is 12.2. The van der Waals surface area contributed by atoms with Crippen molar-refractivity contribution in [2.24, 2.45) is 13.0 Å². The number of hydrogen-bond acceptors (Lipinski definition) is 5. The van der Waals surface area contributed by atoms with E-state index in [-0.39, 0.29) is 11.1 Å². The van der Waals surface area contributed by atoms with Gasteiger partial charge in [-0.15, -0.1) is 0 Å². The Bertz CT molecular complexity index is 1280. The van der Waals surface area contributed by atoms with Gasteiger partial charge in [0.05, 0.1) is 36.3 Å². The second-order valence-corrected chi connectivity index (χ2v) is 15.5. The van der Waals surface area contributed by atoms with Crippen LogP contribution in [0.25, 0.3) is 28.3 Å². The van der Waals surface area contributed by atoms with Crippen molar-refractivity contribution in [1.29, 1.82) is 0 Å². The number of nitrogens with zero attached hydrogens (tertiary/aromatic N) is 7. The summed E-state index contributed by atoms with van der Waals surface area (Å²) >= 11 is 0. The third-order valence-electron chi connectivity index (χ3n) is 7.18. The fraction of sp³-hybridized carbons (Fsp3) is 0.500. The molecule has 5 rings (SSSR count). The molecule has 0 spiro atoms. The number of fused-ring (bicyclic) bond motifs is 1. The van der Waals surface area contributed by atoms with Crippen LogP contribution >= 0.6 is 0 Å². The van der Waals surface area contributed by atoms with E-state index in [1.165, 1.54) is 12.8 Å². The quantitative estimate of drug-likeness (QED) is 0.362. The van der Waals surface area contributed by atoms with Crippen LogP contribution < -0.4 is 0 Å². The highest BCUT2D eigenvalue weighted by Crippen LogP contribution is 2.42. The predicted molar refractivity (Wildman–Crippen MR) is 131 cm³/mol. The molecule has 0 bridgehead atoms. The molecule has 9 heteroatoms. The van der Waals surface area contributed by atoms with Crippen LogP contribution in [0.15, 0.2) is 43.2 Å². The molecular weight excluding hydrogens is 430 g/mol. The van der Waals surface area contributed by atoms with E-state index >= 15 is 0 Å². The van der Waals surface area contributed by atoms with Crippen LogP contribution in [0.3, 0.4) is 0 Å². The molecule has 174 valence electrons. The van der Waals surface area contributed by atoms with Crippen molar-refractivity contribution >= 4 is 14.0 Å². The van der Waals surface area contributed by atoms with E-state index in [9.17, 15) is 0 Å². The van der Waals surface area contributed by atoms with Gasteiger partial charge in [-0.3, -0.25) is 13.8 Å². The van der Waals surface area contributed by atoms with Crippen molar-refractivity contribution < 1.29 is 4.43 Å². The Balaban J connectivity index is 1.47. The molecule has 33 heavy (non-hydrogen) atoms. The number of rotatable bonds is 7. The van der Waals surface area contributed by atoms with Crippen LogP contribution in [0.2, 0.25) is 18.1 Å². The molecule has 4 aromatic heterocycles. The lowest BCUT2D eigenvalue weighted by molar-refractivity contribution is 0.205. The Kier molecular flexibility index (Phi) is 5.28. The van der Waals surface area contributed by atoms with Crippen molar-refractivity contribution in [2.45, 2.75) is 57.8 Å². The molecule has 1 saturated carbocycles. The summed E-state index contributed by atoms with van der Waals surface area (Å²) in [5.74, 6) is 1.46. The van der Waals surface area contributed by atoms with Crippen LogP contribution in [-0.4, -0.2) is 48.9 Å². The SMILES string of the molecule is Cn1cc(-c2cc3nccn3c(-c3cnn(C(CO[Si](C)(C)C(C)(C)C)C4CC4)c3)n2)cn1. The molecule has 0 saturated heterocycles. The Morgan fingerprint density at radius 3 is 2.55 bits per heavy atom. The summed E-state index contributed by atoms with van der Waals surface area (Å²) in [7, 11) is 0.0895. The summed E-state index contributed by atoms with van der Waals surface area (Å²) in [5, 5.41) is 9.27. The number of aromatic nitrogens is 7. The van der Waals surface area contributed by atoms with Gasteiger partial charge in [0.1, 0.15) is 11.5 Å². The second-order valence-electron chi connectivity index (χ2n) is 10.7. The number of hydrogen-bond donors (Lipinski definition) is 0. The Hall–Kier alpha value is -2.78.